The maximum absolute atomic E-state index is 4.07. The summed E-state index contributed by atoms with van der Waals surface area (Å²) in [6.45, 7) is 2.12. The zero-order valence-electron chi connectivity index (χ0n) is 8.62. The molecule has 1 heterocycles. The summed E-state index contributed by atoms with van der Waals surface area (Å²) >= 11 is 0. The summed E-state index contributed by atoms with van der Waals surface area (Å²) in [4.78, 5) is 2.19. The Morgan fingerprint density at radius 3 is 2.85 bits per heavy atom. The first-order chi connectivity index (χ1) is 6.18. The zero-order chi connectivity index (χ0) is 9.68. The van der Waals surface area contributed by atoms with Gasteiger partial charge in [-0.3, -0.25) is 4.68 Å². The predicted octanol–water partition coefficient (Wildman–Crippen LogP) is 0.784. The predicted molar refractivity (Wildman–Crippen MR) is 54.9 cm³/mol. The molecule has 0 aromatic carbocycles. The molecule has 0 fully saturated rings. The van der Waals surface area contributed by atoms with Crippen molar-refractivity contribution in [1.82, 2.24) is 14.7 Å². The van der Waals surface area contributed by atoms with Crippen molar-refractivity contribution in [3.8, 4) is 0 Å². The topological polar surface area (TPSA) is 33.1 Å². The SMILES string of the molecule is CN(C)CCCNc1cnn(C)c1. The van der Waals surface area contributed by atoms with E-state index in [1.165, 1.54) is 0 Å². The molecule has 1 aromatic heterocycles. The van der Waals surface area contributed by atoms with Crippen molar-refractivity contribution in [3.63, 3.8) is 0 Å². The highest BCUT2D eigenvalue weighted by Crippen LogP contribution is 2.02. The number of hydrogen-bond acceptors (Lipinski definition) is 3. The maximum atomic E-state index is 4.07. The molecular formula is C9H18N4. The van der Waals surface area contributed by atoms with Gasteiger partial charge in [-0.1, -0.05) is 0 Å². The quantitative estimate of drug-likeness (QED) is 0.683. The summed E-state index contributed by atoms with van der Waals surface area (Å²) in [6.07, 6.45) is 4.98. The van der Waals surface area contributed by atoms with E-state index in [0.717, 1.165) is 25.2 Å². The Labute approximate surface area is 79.5 Å². The van der Waals surface area contributed by atoms with Crippen molar-refractivity contribution in [2.45, 2.75) is 6.42 Å². The largest absolute Gasteiger partial charge is 0.382 e. The van der Waals surface area contributed by atoms with Gasteiger partial charge in [-0.25, -0.2) is 0 Å². The van der Waals surface area contributed by atoms with Crippen LogP contribution in [0.5, 0.6) is 0 Å². The van der Waals surface area contributed by atoms with Crippen molar-refractivity contribution in [2.75, 3.05) is 32.5 Å². The molecule has 1 N–H and O–H groups in total. The molecule has 4 nitrogen and oxygen atoms in total. The average Bonchev–Trinajstić information content (AvgIpc) is 2.45. The lowest BCUT2D eigenvalue weighted by molar-refractivity contribution is 0.405. The van der Waals surface area contributed by atoms with Gasteiger partial charge in [0, 0.05) is 19.8 Å². The van der Waals surface area contributed by atoms with Gasteiger partial charge in [0.1, 0.15) is 0 Å². The lowest BCUT2D eigenvalue weighted by Gasteiger charge is -2.09. The van der Waals surface area contributed by atoms with E-state index in [4.69, 9.17) is 0 Å². The van der Waals surface area contributed by atoms with Crippen LogP contribution in [0.3, 0.4) is 0 Å². The van der Waals surface area contributed by atoms with Crippen LogP contribution in [0.25, 0.3) is 0 Å². The van der Waals surface area contributed by atoms with E-state index >= 15 is 0 Å². The molecule has 0 spiro atoms. The van der Waals surface area contributed by atoms with Crippen LogP contribution in [-0.4, -0.2) is 41.9 Å². The molecule has 0 saturated carbocycles. The van der Waals surface area contributed by atoms with Gasteiger partial charge < -0.3 is 10.2 Å². The molecular weight excluding hydrogens is 164 g/mol. The number of anilines is 1. The van der Waals surface area contributed by atoms with Crippen LogP contribution in [0.4, 0.5) is 5.69 Å². The Balaban J connectivity index is 2.13. The van der Waals surface area contributed by atoms with Gasteiger partial charge >= 0.3 is 0 Å². The molecule has 0 amide bonds. The second-order valence-corrected chi connectivity index (χ2v) is 3.49. The van der Waals surface area contributed by atoms with Crippen LogP contribution in [0.2, 0.25) is 0 Å². The van der Waals surface area contributed by atoms with E-state index in [0.29, 0.717) is 0 Å². The summed E-state index contributed by atoms with van der Waals surface area (Å²) in [5.41, 5.74) is 1.10. The van der Waals surface area contributed by atoms with Gasteiger partial charge in [-0.15, -0.1) is 0 Å². The number of nitrogens with one attached hydrogen (secondary N) is 1. The molecule has 0 aliphatic rings. The van der Waals surface area contributed by atoms with Crippen LogP contribution in [0, 0.1) is 0 Å². The van der Waals surface area contributed by atoms with E-state index in [2.05, 4.69) is 29.4 Å². The van der Waals surface area contributed by atoms with Gasteiger partial charge in [-0.05, 0) is 27.1 Å². The number of nitrogens with zero attached hydrogens (tertiary/aromatic N) is 3. The third-order valence-corrected chi connectivity index (χ3v) is 1.82. The standard InChI is InChI=1S/C9H18N4/c1-12(2)6-4-5-10-9-7-11-13(3)8-9/h7-8,10H,4-6H2,1-3H3. The first-order valence-electron chi connectivity index (χ1n) is 4.56. The van der Waals surface area contributed by atoms with Gasteiger partial charge in [-0.2, -0.15) is 5.10 Å². The summed E-state index contributed by atoms with van der Waals surface area (Å²) in [7, 11) is 6.10. The van der Waals surface area contributed by atoms with Crippen molar-refractivity contribution >= 4 is 5.69 Å². The van der Waals surface area contributed by atoms with Crippen molar-refractivity contribution < 1.29 is 0 Å². The second kappa shape index (κ2) is 4.87. The molecule has 0 saturated heterocycles. The Morgan fingerprint density at radius 1 is 1.54 bits per heavy atom. The minimum atomic E-state index is 1.00. The zero-order valence-corrected chi connectivity index (χ0v) is 8.62. The molecule has 1 aromatic rings. The molecule has 1 rings (SSSR count). The van der Waals surface area contributed by atoms with Crippen LogP contribution in [0.1, 0.15) is 6.42 Å². The smallest absolute Gasteiger partial charge is 0.0726 e. The first kappa shape index (κ1) is 10.1. The van der Waals surface area contributed by atoms with Gasteiger partial charge in [0.15, 0.2) is 0 Å². The van der Waals surface area contributed by atoms with Gasteiger partial charge in [0.25, 0.3) is 0 Å². The third-order valence-electron chi connectivity index (χ3n) is 1.82. The van der Waals surface area contributed by atoms with E-state index in [1.807, 2.05) is 19.4 Å². The molecule has 0 unspecified atom stereocenters. The van der Waals surface area contributed by atoms with E-state index in [9.17, 15) is 0 Å². The third kappa shape index (κ3) is 3.94. The lowest BCUT2D eigenvalue weighted by Crippen LogP contribution is -2.16. The minimum Gasteiger partial charge on any atom is -0.382 e. The minimum absolute atomic E-state index is 1.00. The number of aryl methyl sites for hydroxylation is 1. The Hall–Kier alpha value is -1.03. The van der Waals surface area contributed by atoms with Crippen molar-refractivity contribution in [2.24, 2.45) is 7.05 Å². The molecule has 0 bridgehead atoms. The normalized spacial score (nSPS) is 10.8. The molecule has 0 radical (unpaired) electrons. The average molecular weight is 182 g/mol. The fraction of sp³-hybridized carbons (Fsp3) is 0.667. The molecule has 13 heavy (non-hydrogen) atoms. The van der Waals surface area contributed by atoms with Crippen LogP contribution in [0.15, 0.2) is 12.4 Å². The van der Waals surface area contributed by atoms with Crippen molar-refractivity contribution in [1.29, 1.82) is 0 Å². The fourth-order valence-corrected chi connectivity index (χ4v) is 1.14. The number of rotatable bonds is 5. The van der Waals surface area contributed by atoms with Crippen LogP contribution < -0.4 is 5.32 Å². The fourth-order valence-electron chi connectivity index (χ4n) is 1.14. The Morgan fingerprint density at radius 2 is 2.31 bits per heavy atom. The second-order valence-electron chi connectivity index (χ2n) is 3.49. The molecule has 74 valence electrons. The Bertz CT molecular complexity index is 242. The van der Waals surface area contributed by atoms with Gasteiger partial charge in [0.05, 0.1) is 11.9 Å². The number of hydrogen-bond donors (Lipinski definition) is 1. The summed E-state index contributed by atoms with van der Waals surface area (Å²) in [5.74, 6) is 0. The lowest BCUT2D eigenvalue weighted by atomic mass is 10.4. The first-order valence-corrected chi connectivity index (χ1v) is 4.56. The van der Waals surface area contributed by atoms with E-state index in [-0.39, 0.29) is 0 Å². The van der Waals surface area contributed by atoms with Gasteiger partial charge in [0.2, 0.25) is 0 Å². The highest BCUT2D eigenvalue weighted by Gasteiger charge is 1.94. The Kier molecular flexibility index (Phi) is 3.76. The van der Waals surface area contributed by atoms with Crippen molar-refractivity contribution in [3.05, 3.63) is 12.4 Å². The maximum Gasteiger partial charge on any atom is 0.0726 e. The molecule has 0 atom stereocenters. The highest BCUT2D eigenvalue weighted by atomic mass is 15.3. The summed E-state index contributed by atoms with van der Waals surface area (Å²) in [5, 5.41) is 7.39. The highest BCUT2D eigenvalue weighted by molar-refractivity contribution is 5.37. The molecule has 0 aliphatic heterocycles. The van der Waals surface area contributed by atoms with Crippen LogP contribution in [-0.2, 0) is 7.05 Å². The van der Waals surface area contributed by atoms with Crippen LogP contribution >= 0.6 is 0 Å². The monoisotopic (exact) mass is 182 g/mol. The number of aromatic nitrogens is 2. The summed E-state index contributed by atoms with van der Waals surface area (Å²) < 4.78 is 1.80. The van der Waals surface area contributed by atoms with E-state index < -0.39 is 0 Å². The van der Waals surface area contributed by atoms with E-state index in [1.54, 1.807) is 4.68 Å². The molecule has 4 heteroatoms. The summed E-state index contributed by atoms with van der Waals surface area (Å²) in [6, 6.07) is 0. The molecule has 0 aliphatic carbocycles.